The fourth-order valence-corrected chi connectivity index (χ4v) is 2.04. The lowest BCUT2D eigenvalue weighted by Gasteiger charge is -2.28. The molecule has 0 fully saturated rings. The maximum Gasteiger partial charge on any atom is 0.401 e. The number of alkyl halides is 3. The number of hydrogen-bond donors (Lipinski definition) is 1. The summed E-state index contributed by atoms with van der Waals surface area (Å²) in [4.78, 5) is 1.42. The lowest BCUT2D eigenvalue weighted by Crippen LogP contribution is -2.40. The summed E-state index contributed by atoms with van der Waals surface area (Å²) in [5.74, 6) is 0. The third-order valence-electron chi connectivity index (χ3n) is 2.94. The molecule has 0 aliphatic heterocycles. The Hall–Kier alpha value is -1.07. The molecule has 1 aromatic carbocycles. The van der Waals surface area contributed by atoms with Gasteiger partial charge in [0.2, 0.25) is 0 Å². The van der Waals surface area contributed by atoms with Gasteiger partial charge in [0.05, 0.1) is 6.54 Å². The zero-order valence-corrected chi connectivity index (χ0v) is 11.4. The number of benzene rings is 1. The number of likely N-dealkylation sites (N-methyl/N-ethyl adjacent to an activating group) is 2. The van der Waals surface area contributed by atoms with Gasteiger partial charge in [-0.2, -0.15) is 13.2 Å². The number of nitrogens with zero attached hydrogens (tertiary/aromatic N) is 1. The van der Waals surface area contributed by atoms with Crippen molar-refractivity contribution >= 4 is 0 Å². The van der Waals surface area contributed by atoms with Crippen LogP contribution in [-0.4, -0.2) is 37.3 Å². The van der Waals surface area contributed by atoms with Gasteiger partial charge in [-0.3, -0.25) is 4.90 Å². The molecule has 0 aromatic heterocycles. The lowest BCUT2D eigenvalue weighted by molar-refractivity contribution is -0.146. The third kappa shape index (κ3) is 6.07. The summed E-state index contributed by atoms with van der Waals surface area (Å²) >= 11 is 0. The van der Waals surface area contributed by atoms with Crippen LogP contribution in [0.4, 0.5) is 13.2 Å². The van der Waals surface area contributed by atoms with E-state index in [2.05, 4.69) is 5.32 Å². The molecule has 0 bridgehead atoms. The van der Waals surface area contributed by atoms with Crippen LogP contribution in [0.25, 0.3) is 0 Å². The van der Waals surface area contributed by atoms with E-state index in [9.17, 15) is 13.2 Å². The maximum atomic E-state index is 12.5. The molecule has 1 N–H and O–H groups in total. The van der Waals surface area contributed by atoms with Crippen LogP contribution in [-0.2, 0) is 0 Å². The second-order valence-corrected chi connectivity index (χ2v) is 4.46. The van der Waals surface area contributed by atoms with Gasteiger partial charge in [-0.1, -0.05) is 44.2 Å². The first-order valence-electron chi connectivity index (χ1n) is 6.53. The SMILES string of the molecule is CCNC(CN(CC)CC(F)(F)F)c1ccccc1. The van der Waals surface area contributed by atoms with E-state index in [4.69, 9.17) is 0 Å². The maximum absolute atomic E-state index is 12.5. The van der Waals surface area contributed by atoms with Crippen LogP contribution in [0.3, 0.4) is 0 Å². The smallest absolute Gasteiger partial charge is 0.309 e. The molecule has 0 aliphatic carbocycles. The number of hydrogen-bond acceptors (Lipinski definition) is 2. The van der Waals surface area contributed by atoms with Gasteiger partial charge in [0.25, 0.3) is 0 Å². The van der Waals surface area contributed by atoms with E-state index in [1.54, 1.807) is 6.92 Å². The van der Waals surface area contributed by atoms with Crippen molar-refractivity contribution in [2.45, 2.75) is 26.1 Å². The first-order valence-corrected chi connectivity index (χ1v) is 6.53. The minimum atomic E-state index is -4.15. The summed E-state index contributed by atoms with van der Waals surface area (Å²) < 4.78 is 37.4. The Kier molecular flexibility index (Phi) is 6.31. The van der Waals surface area contributed by atoms with Crippen molar-refractivity contribution < 1.29 is 13.2 Å². The molecule has 1 aromatic rings. The lowest BCUT2D eigenvalue weighted by atomic mass is 10.1. The molecule has 1 rings (SSSR count). The molecule has 5 heteroatoms. The Labute approximate surface area is 112 Å². The van der Waals surface area contributed by atoms with Crippen LogP contribution in [0.15, 0.2) is 30.3 Å². The van der Waals surface area contributed by atoms with E-state index in [1.807, 2.05) is 37.3 Å². The van der Waals surface area contributed by atoms with E-state index in [1.165, 1.54) is 4.90 Å². The summed E-state index contributed by atoms with van der Waals surface area (Å²) in [7, 11) is 0. The van der Waals surface area contributed by atoms with Crippen LogP contribution in [0.5, 0.6) is 0 Å². The highest BCUT2D eigenvalue weighted by Crippen LogP contribution is 2.19. The molecule has 0 heterocycles. The van der Waals surface area contributed by atoms with Crippen molar-refractivity contribution in [3.05, 3.63) is 35.9 Å². The monoisotopic (exact) mass is 274 g/mol. The van der Waals surface area contributed by atoms with E-state index < -0.39 is 12.7 Å². The highest BCUT2D eigenvalue weighted by Gasteiger charge is 2.31. The molecule has 0 amide bonds. The van der Waals surface area contributed by atoms with Gasteiger partial charge in [-0.15, -0.1) is 0 Å². The summed E-state index contributed by atoms with van der Waals surface area (Å²) in [6, 6.07) is 9.51. The van der Waals surface area contributed by atoms with Crippen molar-refractivity contribution in [1.29, 1.82) is 0 Å². The average Bonchev–Trinajstić information content (AvgIpc) is 2.36. The van der Waals surface area contributed by atoms with Crippen molar-refractivity contribution in [2.75, 3.05) is 26.2 Å². The van der Waals surface area contributed by atoms with Crippen LogP contribution >= 0.6 is 0 Å². The average molecular weight is 274 g/mol. The number of rotatable bonds is 7. The van der Waals surface area contributed by atoms with Crippen LogP contribution in [0.2, 0.25) is 0 Å². The number of nitrogens with one attached hydrogen (secondary N) is 1. The first kappa shape index (κ1) is 16.0. The quantitative estimate of drug-likeness (QED) is 0.821. The zero-order valence-electron chi connectivity index (χ0n) is 11.4. The molecule has 0 radical (unpaired) electrons. The van der Waals surface area contributed by atoms with Crippen molar-refractivity contribution in [1.82, 2.24) is 10.2 Å². The second-order valence-electron chi connectivity index (χ2n) is 4.46. The fraction of sp³-hybridized carbons (Fsp3) is 0.571. The van der Waals surface area contributed by atoms with Gasteiger partial charge in [-0.05, 0) is 18.7 Å². The Bertz CT molecular complexity index is 351. The predicted octanol–water partition coefficient (Wildman–Crippen LogP) is 3.22. The predicted molar refractivity (Wildman–Crippen MR) is 71.0 cm³/mol. The molecule has 0 saturated heterocycles. The van der Waals surface area contributed by atoms with Crippen molar-refractivity contribution in [3.8, 4) is 0 Å². The summed E-state index contributed by atoms with van der Waals surface area (Å²) in [6.07, 6.45) is -4.15. The summed E-state index contributed by atoms with van der Waals surface area (Å²) in [5, 5.41) is 3.24. The summed E-state index contributed by atoms with van der Waals surface area (Å²) in [5.41, 5.74) is 1.02. The van der Waals surface area contributed by atoms with Crippen LogP contribution < -0.4 is 5.32 Å². The molecule has 0 spiro atoms. The second kappa shape index (κ2) is 7.50. The molecule has 1 unspecified atom stereocenters. The zero-order chi connectivity index (χ0) is 14.3. The molecule has 108 valence electrons. The molecule has 1 atom stereocenters. The van der Waals surface area contributed by atoms with Gasteiger partial charge in [0.1, 0.15) is 0 Å². The van der Waals surface area contributed by atoms with Crippen molar-refractivity contribution in [2.24, 2.45) is 0 Å². The fourth-order valence-electron chi connectivity index (χ4n) is 2.04. The van der Waals surface area contributed by atoms with E-state index >= 15 is 0 Å². The highest BCUT2D eigenvalue weighted by molar-refractivity contribution is 5.19. The van der Waals surface area contributed by atoms with Crippen LogP contribution in [0, 0.1) is 0 Å². The highest BCUT2D eigenvalue weighted by atomic mass is 19.4. The Morgan fingerprint density at radius 1 is 1.16 bits per heavy atom. The Morgan fingerprint density at radius 2 is 1.79 bits per heavy atom. The minimum absolute atomic E-state index is 0.0755. The van der Waals surface area contributed by atoms with Gasteiger partial charge >= 0.3 is 6.18 Å². The first-order chi connectivity index (χ1) is 8.96. The normalized spacial score (nSPS) is 13.8. The third-order valence-corrected chi connectivity index (χ3v) is 2.94. The van der Waals surface area contributed by atoms with Gasteiger partial charge in [-0.25, -0.2) is 0 Å². The Balaban J connectivity index is 2.71. The van der Waals surface area contributed by atoms with E-state index in [0.717, 1.165) is 12.1 Å². The molecule has 0 saturated carbocycles. The molecular weight excluding hydrogens is 253 g/mol. The van der Waals surface area contributed by atoms with E-state index in [0.29, 0.717) is 13.1 Å². The topological polar surface area (TPSA) is 15.3 Å². The minimum Gasteiger partial charge on any atom is -0.309 e. The molecule has 19 heavy (non-hydrogen) atoms. The molecule has 0 aliphatic rings. The number of halogens is 3. The van der Waals surface area contributed by atoms with Gasteiger partial charge < -0.3 is 5.32 Å². The van der Waals surface area contributed by atoms with Crippen molar-refractivity contribution in [3.63, 3.8) is 0 Å². The molecular formula is C14H21F3N2. The largest absolute Gasteiger partial charge is 0.401 e. The molecule has 2 nitrogen and oxygen atoms in total. The Morgan fingerprint density at radius 3 is 2.26 bits per heavy atom. The standard InChI is InChI=1S/C14H21F3N2/c1-3-18-13(12-8-6-5-7-9-12)10-19(4-2)11-14(15,16)17/h5-9,13,18H,3-4,10-11H2,1-2H3. The van der Waals surface area contributed by atoms with Crippen LogP contribution in [0.1, 0.15) is 25.5 Å². The van der Waals surface area contributed by atoms with Gasteiger partial charge in [0.15, 0.2) is 0 Å². The summed E-state index contributed by atoms with van der Waals surface area (Å²) in [6.45, 7) is 4.30. The van der Waals surface area contributed by atoms with Gasteiger partial charge in [0, 0.05) is 12.6 Å². The van der Waals surface area contributed by atoms with E-state index in [-0.39, 0.29) is 6.04 Å².